The quantitative estimate of drug-likeness (QED) is 0.508. The molecule has 0 radical (unpaired) electrons. The monoisotopic (exact) mass is 418 g/mol. The third-order valence-corrected chi connectivity index (χ3v) is 6.55. The zero-order valence-corrected chi connectivity index (χ0v) is 16.9. The van der Waals surface area contributed by atoms with E-state index in [2.05, 4.69) is 27.0 Å². The number of benzene rings is 1. The summed E-state index contributed by atoms with van der Waals surface area (Å²) in [4.78, 5) is 51.3. The first-order valence-electron chi connectivity index (χ1n) is 9.71. The lowest BCUT2D eigenvalue weighted by atomic mass is 9.96. The molecule has 2 aromatic heterocycles. The molecule has 0 spiro atoms. The molecule has 3 heterocycles. The molecule has 0 N–H and O–H groups in total. The van der Waals surface area contributed by atoms with E-state index < -0.39 is 0 Å². The predicted molar refractivity (Wildman–Crippen MR) is 111 cm³/mol. The Kier molecular flexibility index (Phi) is 4.72. The van der Waals surface area contributed by atoms with E-state index in [1.165, 1.54) is 24.0 Å². The maximum atomic E-state index is 13.0. The van der Waals surface area contributed by atoms with E-state index in [9.17, 15) is 14.4 Å². The van der Waals surface area contributed by atoms with Crippen molar-refractivity contribution < 1.29 is 14.4 Å². The number of fused-ring (bicyclic) bond motifs is 2. The molecule has 5 rings (SSSR count). The molecule has 30 heavy (non-hydrogen) atoms. The summed E-state index contributed by atoms with van der Waals surface area (Å²) >= 11 is 1.07. The van der Waals surface area contributed by atoms with Crippen LogP contribution >= 0.6 is 11.3 Å². The minimum Gasteiger partial charge on any atom is -0.335 e. The molecule has 1 amide bonds. The highest BCUT2D eigenvalue weighted by atomic mass is 32.1. The highest BCUT2D eigenvalue weighted by molar-refractivity contribution is 7.16. The van der Waals surface area contributed by atoms with Crippen molar-refractivity contribution in [2.24, 2.45) is 0 Å². The molecule has 1 aromatic carbocycles. The van der Waals surface area contributed by atoms with Gasteiger partial charge in [-0.05, 0) is 11.6 Å². The molecular formula is C22H18N4O3S. The number of thiophene rings is 1. The Bertz CT molecular complexity index is 1100. The predicted octanol–water partition coefficient (Wildman–Crippen LogP) is 2.27. The van der Waals surface area contributed by atoms with Crippen LogP contribution in [0.1, 0.15) is 46.7 Å². The summed E-state index contributed by atoms with van der Waals surface area (Å²) < 4.78 is 0. The van der Waals surface area contributed by atoms with Gasteiger partial charge in [0.25, 0.3) is 5.91 Å². The highest BCUT2D eigenvalue weighted by Gasteiger charge is 2.36. The van der Waals surface area contributed by atoms with Crippen LogP contribution < -0.4 is 0 Å². The largest absolute Gasteiger partial charge is 0.335 e. The van der Waals surface area contributed by atoms with E-state index in [1.54, 1.807) is 4.90 Å². The van der Waals surface area contributed by atoms with Crippen molar-refractivity contribution in [2.75, 3.05) is 26.2 Å². The third kappa shape index (κ3) is 3.24. The fraction of sp³-hybridized carbons (Fsp3) is 0.227. The van der Waals surface area contributed by atoms with Gasteiger partial charge in [-0.2, -0.15) is 0 Å². The van der Waals surface area contributed by atoms with Gasteiger partial charge in [0.1, 0.15) is 11.4 Å². The number of hydrogen-bond donors (Lipinski definition) is 0. The van der Waals surface area contributed by atoms with Crippen LogP contribution in [0.2, 0.25) is 0 Å². The Morgan fingerprint density at radius 2 is 1.60 bits per heavy atom. The van der Waals surface area contributed by atoms with E-state index in [0.717, 1.165) is 31.0 Å². The van der Waals surface area contributed by atoms with Gasteiger partial charge in [-0.15, -0.1) is 11.3 Å². The number of carbonyl (C=O) groups excluding carboxylic acids is 3. The fourth-order valence-corrected chi connectivity index (χ4v) is 4.91. The van der Waals surface area contributed by atoms with E-state index >= 15 is 0 Å². The van der Waals surface area contributed by atoms with Gasteiger partial charge >= 0.3 is 0 Å². The maximum absolute atomic E-state index is 13.0. The Hall–Kier alpha value is -3.23. The van der Waals surface area contributed by atoms with Crippen molar-refractivity contribution in [2.45, 2.75) is 6.54 Å². The second kappa shape index (κ2) is 7.55. The number of ketones is 2. The molecule has 0 unspecified atom stereocenters. The number of piperazine rings is 1. The van der Waals surface area contributed by atoms with Crippen molar-refractivity contribution in [1.82, 2.24) is 19.8 Å². The van der Waals surface area contributed by atoms with Crippen molar-refractivity contribution >= 4 is 28.8 Å². The van der Waals surface area contributed by atoms with Crippen molar-refractivity contribution in [3.8, 4) is 0 Å². The number of rotatable bonds is 3. The van der Waals surface area contributed by atoms with Crippen molar-refractivity contribution in [3.05, 3.63) is 81.1 Å². The van der Waals surface area contributed by atoms with E-state index in [0.29, 0.717) is 18.0 Å². The lowest BCUT2D eigenvalue weighted by molar-refractivity contribution is 0.0633. The van der Waals surface area contributed by atoms with E-state index in [1.807, 2.05) is 18.2 Å². The molecular weight excluding hydrogens is 400 g/mol. The van der Waals surface area contributed by atoms with Crippen LogP contribution in [0, 0.1) is 0 Å². The molecule has 8 heteroatoms. The minimum absolute atomic E-state index is 0.0568. The molecule has 0 bridgehead atoms. The third-order valence-electron chi connectivity index (χ3n) is 5.43. The van der Waals surface area contributed by atoms with Crippen LogP contribution in [0.5, 0.6) is 0 Å². The average molecular weight is 418 g/mol. The molecule has 150 valence electrons. The molecule has 1 aliphatic heterocycles. The number of aromatic nitrogens is 2. The van der Waals surface area contributed by atoms with Gasteiger partial charge < -0.3 is 4.90 Å². The van der Waals surface area contributed by atoms with Crippen molar-refractivity contribution in [3.63, 3.8) is 0 Å². The van der Waals surface area contributed by atoms with Gasteiger partial charge in [-0.25, -0.2) is 9.97 Å². The smallest absolute Gasteiger partial charge is 0.264 e. The van der Waals surface area contributed by atoms with Crippen LogP contribution in [0.15, 0.2) is 48.8 Å². The summed E-state index contributed by atoms with van der Waals surface area (Å²) in [5.74, 6) is -0.834. The van der Waals surface area contributed by atoms with E-state index in [4.69, 9.17) is 0 Å². The van der Waals surface area contributed by atoms with Crippen LogP contribution in [-0.2, 0) is 6.54 Å². The Balaban J connectivity index is 1.30. The van der Waals surface area contributed by atoms with Crippen LogP contribution in [0.4, 0.5) is 0 Å². The number of carbonyl (C=O) groups is 3. The lowest BCUT2D eigenvalue weighted by Crippen LogP contribution is -2.48. The zero-order chi connectivity index (χ0) is 20.7. The fourth-order valence-electron chi connectivity index (χ4n) is 3.85. The summed E-state index contributed by atoms with van der Waals surface area (Å²) in [6, 6.07) is 11.8. The second-order valence-electron chi connectivity index (χ2n) is 7.32. The summed E-state index contributed by atoms with van der Waals surface area (Å²) in [5.41, 5.74) is 1.62. The van der Waals surface area contributed by atoms with Gasteiger partial charge in [0, 0.05) is 50.7 Å². The molecule has 1 saturated heterocycles. The van der Waals surface area contributed by atoms with Crippen LogP contribution in [-0.4, -0.2) is 63.4 Å². The second-order valence-corrected chi connectivity index (χ2v) is 8.37. The Morgan fingerprint density at radius 1 is 0.933 bits per heavy atom. The summed E-state index contributed by atoms with van der Waals surface area (Å²) in [5, 5.41) is 0. The summed E-state index contributed by atoms with van der Waals surface area (Å²) in [6.07, 6.45) is 2.78. The van der Waals surface area contributed by atoms with Gasteiger partial charge in [-0.1, -0.05) is 30.3 Å². The SMILES string of the molecule is O=C1c2cc(C(=O)N3CCN(Cc4ccccc4)CC3)sc2C(=O)c2nccnc21. The molecule has 7 nitrogen and oxygen atoms in total. The molecule has 2 aliphatic rings. The van der Waals surface area contributed by atoms with Crippen LogP contribution in [0.3, 0.4) is 0 Å². The van der Waals surface area contributed by atoms with E-state index in [-0.39, 0.29) is 39.3 Å². The number of hydrogen-bond acceptors (Lipinski definition) is 7. The van der Waals surface area contributed by atoms with Crippen LogP contribution in [0.25, 0.3) is 0 Å². The number of amides is 1. The first kappa shape index (κ1) is 18.8. The lowest BCUT2D eigenvalue weighted by Gasteiger charge is -2.34. The Morgan fingerprint density at radius 3 is 2.30 bits per heavy atom. The van der Waals surface area contributed by atoms with Gasteiger partial charge in [0.2, 0.25) is 11.6 Å². The summed E-state index contributed by atoms with van der Waals surface area (Å²) in [7, 11) is 0. The molecule has 1 fully saturated rings. The molecule has 0 atom stereocenters. The van der Waals surface area contributed by atoms with Gasteiger partial charge in [0.15, 0.2) is 0 Å². The normalized spacial score (nSPS) is 16.3. The zero-order valence-electron chi connectivity index (χ0n) is 16.1. The topological polar surface area (TPSA) is 83.5 Å². The van der Waals surface area contributed by atoms with Gasteiger partial charge in [0.05, 0.1) is 9.75 Å². The molecule has 0 saturated carbocycles. The van der Waals surface area contributed by atoms with Gasteiger partial charge in [-0.3, -0.25) is 19.3 Å². The first-order valence-corrected chi connectivity index (χ1v) is 10.5. The summed E-state index contributed by atoms with van der Waals surface area (Å²) in [6.45, 7) is 3.64. The van der Waals surface area contributed by atoms with Crippen molar-refractivity contribution in [1.29, 1.82) is 0 Å². The Labute approximate surface area is 177 Å². The first-order chi connectivity index (χ1) is 14.6. The molecule has 1 aliphatic carbocycles. The number of nitrogens with zero attached hydrogens (tertiary/aromatic N) is 4. The highest BCUT2D eigenvalue weighted by Crippen LogP contribution is 2.32. The molecule has 3 aromatic rings. The average Bonchev–Trinajstić information content (AvgIpc) is 3.24. The minimum atomic E-state index is -0.351. The maximum Gasteiger partial charge on any atom is 0.264 e. The standard InChI is InChI=1S/C22H18N4O3S/c27-19-15-12-16(30-21(15)20(28)18-17(19)23-6-7-24-18)22(29)26-10-8-25(9-11-26)13-14-4-2-1-3-5-14/h1-7,12H,8-11,13H2.